The molecule has 1 aliphatic carbocycles. The molecule has 2 atom stereocenters. The Morgan fingerprint density at radius 3 is 2.73 bits per heavy atom. The van der Waals surface area contributed by atoms with E-state index in [1.807, 2.05) is 0 Å². The molecule has 3 N–H and O–H groups in total. The fraction of sp³-hybridized carbons (Fsp3) is 0.300. The van der Waals surface area contributed by atoms with Crippen molar-refractivity contribution in [1.29, 1.82) is 0 Å². The maximum Gasteiger partial charge on any atom is 0.324 e. The standard InChI is InChI=1S/C10H9F2NO2/c11-5-1-2-8(12)6(3-5)7-4-10(7,13)9(14)15/h1-3,7H,4,13H2,(H,14,15). The second-order valence-corrected chi connectivity index (χ2v) is 3.77. The molecule has 0 spiro atoms. The Labute approximate surface area is 84.5 Å². The molecule has 0 aliphatic heterocycles. The van der Waals surface area contributed by atoms with Gasteiger partial charge in [0.05, 0.1) is 0 Å². The first-order valence-corrected chi connectivity index (χ1v) is 4.42. The van der Waals surface area contributed by atoms with E-state index >= 15 is 0 Å². The molecule has 1 saturated carbocycles. The van der Waals surface area contributed by atoms with E-state index in [1.165, 1.54) is 0 Å². The van der Waals surface area contributed by atoms with Gasteiger partial charge in [-0.15, -0.1) is 0 Å². The van der Waals surface area contributed by atoms with Crippen LogP contribution in [0.25, 0.3) is 0 Å². The number of carboxylic acid groups (broad SMARTS) is 1. The number of halogens is 2. The van der Waals surface area contributed by atoms with Crippen molar-refractivity contribution < 1.29 is 18.7 Å². The van der Waals surface area contributed by atoms with Crippen molar-refractivity contribution in [2.75, 3.05) is 0 Å². The molecule has 2 rings (SSSR count). The summed E-state index contributed by atoms with van der Waals surface area (Å²) in [4.78, 5) is 10.7. The van der Waals surface area contributed by atoms with Gasteiger partial charge in [0.15, 0.2) is 0 Å². The Hall–Kier alpha value is -1.49. The van der Waals surface area contributed by atoms with Crippen molar-refractivity contribution in [3.63, 3.8) is 0 Å². The van der Waals surface area contributed by atoms with Crippen LogP contribution in [0.1, 0.15) is 17.9 Å². The van der Waals surface area contributed by atoms with Crippen LogP contribution < -0.4 is 5.73 Å². The maximum atomic E-state index is 13.3. The van der Waals surface area contributed by atoms with Gasteiger partial charge in [-0.25, -0.2) is 8.78 Å². The highest BCUT2D eigenvalue weighted by molar-refractivity contribution is 5.84. The lowest BCUT2D eigenvalue weighted by molar-refractivity contribution is -0.139. The second-order valence-electron chi connectivity index (χ2n) is 3.77. The van der Waals surface area contributed by atoms with E-state index in [4.69, 9.17) is 10.8 Å². The summed E-state index contributed by atoms with van der Waals surface area (Å²) in [6.07, 6.45) is 0.142. The molecule has 1 aromatic rings. The third-order valence-corrected chi connectivity index (χ3v) is 2.74. The van der Waals surface area contributed by atoms with Gasteiger partial charge in [0.2, 0.25) is 0 Å². The monoisotopic (exact) mass is 213 g/mol. The van der Waals surface area contributed by atoms with Gasteiger partial charge >= 0.3 is 5.97 Å². The van der Waals surface area contributed by atoms with E-state index in [2.05, 4.69) is 0 Å². The number of carboxylic acids is 1. The van der Waals surface area contributed by atoms with Crippen molar-refractivity contribution in [1.82, 2.24) is 0 Å². The first-order chi connectivity index (χ1) is 6.95. The summed E-state index contributed by atoms with van der Waals surface area (Å²) in [6, 6.07) is 2.96. The van der Waals surface area contributed by atoms with E-state index in [0.29, 0.717) is 0 Å². The molecule has 5 heteroatoms. The third-order valence-electron chi connectivity index (χ3n) is 2.74. The lowest BCUT2D eigenvalue weighted by Crippen LogP contribution is -2.34. The Balaban J connectivity index is 2.34. The van der Waals surface area contributed by atoms with Crippen LogP contribution >= 0.6 is 0 Å². The molecule has 0 bridgehead atoms. The molecule has 15 heavy (non-hydrogen) atoms. The molecule has 2 unspecified atom stereocenters. The normalized spacial score (nSPS) is 28.9. The molecular weight excluding hydrogens is 204 g/mol. The summed E-state index contributed by atoms with van der Waals surface area (Å²) >= 11 is 0. The van der Waals surface area contributed by atoms with E-state index in [1.54, 1.807) is 0 Å². The smallest absolute Gasteiger partial charge is 0.324 e. The largest absolute Gasteiger partial charge is 0.480 e. The van der Waals surface area contributed by atoms with E-state index in [0.717, 1.165) is 18.2 Å². The predicted molar refractivity (Wildman–Crippen MR) is 48.3 cm³/mol. The van der Waals surface area contributed by atoms with Gasteiger partial charge in [0.1, 0.15) is 17.2 Å². The molecule has 0 saturated heterocycles. The Kier molecular flexibility index (Phi) is 2.01. The van der Waals surface area contributed by atoms with Crippen LogP contribution in [0.3, 0.4) is 0 Å². The molecule has 1 fully saturated rings. The van der Waals surface area contributed by atoms with Crippen LogP contribution in [0, 0.1) is 11.6 Å². The molecule has 80 valence electrons. The molecule has 1 aliphatic rings. The molecule has 0 amide bonds. The number of nitrogens with two attached hydrogens (primary N) is 1. The minimum atomic E-state index is -1.44. The molecule has 0 heterocycles. The van der Waals surface area contributed by atoms with Crippen LogP contribution in [0.2, 0.25) is 0 Å². The molecular formula is C10H9F2NO2. The zero-order chi connectivity index (χ0) is 11.2. The van der Waals surface area contributed by atoms with Crippen LogP contribution in [0.5, 0.6) is 0 Å². The lowest BCUT2D eigenvalue weighted by Gasteiger charge is -2.06. The first kappa shape index (κ1) is 10.0. The van der Waals surface area contributed by atoms with Crippen molar-refractivity contribution in [2.45, 2.75) is 17.9 Å². The van der Waals surface area contributed by atoms with Crippen LogP contribution in [-0.2, 0) is 4.79 Å². The van der Waals surface area contributed by atoms with E-state index in [9.17, 15) is 13.6 Å². The Morgan fingerprint density at radius 1 is 1.53 bits per heavy atom. The average Bonchev–Trinajstić information content (AvgIpc) is 2.84. The SMILES string of the molecule is NC1(C(=O)O)CC1c1cc(F)ccc1F. The van der Waals surface area contributed by atoms with Gasteiger partial charge in [-0.1, -0.05) is 0 Å². The van der Waals surface area contributed by atoms with Crippen LogP contribution in [-0.4, -0.2) is 16.6 Å². The summed E-state index contributed by atoms with van der Waals surface area (Å²) in [5.74, 6) is -3.03. The zero-order valence-electron chi connectivity index (χ0n) is 7.71. The lowest BCUT2D eigenvalue weighted by atomic mass is 10.1. The summed E-state index contributed by atoms with van der Waals surface area (Å²) in [6.45, 7) is 0. The summed E-state index contributed by atoms with van der Waals surface area (Å²) in [7, 11) is 0. The summed E-state index contributed by atoms with van der Waals surface area (Å²) in [5.41, 5.74) is 4.10. The highest BCUT2D eigenvalue weighted by Crippen LogP contribution is 2.50. The van der Waals surface area contributed by atoms with Gasteiger partial charge < -0.3 is 10.8 Å². The number of rotatable bonds is 2. The van der Waals surface area contributed by atoms with Crippen LogP contribution in [0.15, 0.2) is 18.2 Å². The highest BCUT2D eigenvalue weighted by Gasteiger charge is 2.59. The Morgan fingerprint density at radius 2 is 2.20 bits per heavy atom. The maximum absolute atomic E-state index is 13.3. The number of aliphatic carboxylic acids is 1. The number of benzene rings is 1. The number of hydrogen-bond donors (Lipinski definition) is 2. The van der Waals surface area contributed by atoms with Gasteiger partial charge in [-0.05, 0) is 30.2 Å². The van der Waals surface area contributed by atoms with E-state index in [-0.39, 0.29) is 12.0 Å². The van der Waals surface area contributed by atoms with Crippen molar-refractivity contribution in [3.8, 4) is 0 Å². The van der Waals surface area contributed by atoms with Gasteiger partial charge in [-0.3, -0.25) is 4.79 Å². The predicted octanol–water partition coefficient (Wildman–Crippen LogP) is 1.23. The Bertz CT molecular complexity index is 435. The molecule has 1 aromatic carbocycles. The number of carbonyl (C=O) groups is 1. The fourth-order valence-corrected chi connectivity index (χ4v) is 1.68. The molecule has 3 nitrogen and oxygen atoms in total. The van der Waals surface area contributed by atoms with Gasteiger partial charge in [-0.2, -0.15) is 0 Å². The van der Waals surface area contributed by atoms with Gasteiger partial charge in [0.25, 0.3) is 0 Å². The van der Waals surface area contributed by atoms with Crippen LogP contribution in [0.4, 0.5) is 8.78 Å². The fourth-order valence-electron chi connectivity index (χ4n) is 1.68. The quantitative estimate of drug-likeness (QED) is 0.776. The van der Waals surface area contributed by atoms with Crippen molar-refractivity contribution in [2.24, 2.45) is 5.73 Å². The minimum absolute atomic E-state index is 0.0416. The highest BCUT2D eigenvalue weighted by atomic mass is 19.1. The summed E-state index contributed by atoms with van der Waals surface area (Å²) in [5, 5.41) is 8.76. The third kappa shape index (κ3) is 1.48. The average molecular weight is 213 g/mol. The van der Waals surface area contributed by atoms with Crippen molar-refractivity contribution >= 4 is 5.97 Å². The zero-order valence-corrected chi connectivity index (χ0v) is 7.71. The first-order valence-electron chi connectivity index (χ1n) is 4.42. The molecule has 0 radical (unpaired) electrons. The van der Waals surface area contributed by atoms with Crippen molar-refractivity contribution in [3.05, 3.63) is 35.4 Å². The van der Waals surface area contributed by atoms with E-state index < -0.39 is 29.1 Å². The molecule has 0 aromatic heterocycles. The second kappa shape index (κ2) is 3.00. The summed E-state index contributed by atoms with van der Waals surface area (Å²) < 4.78 is 26.1. The minimum Gasteiger partial charge on any atom is -0.480 e. The topological polar surface area (TPSA) is 63.3 Å². The van der Waals surface area contributed by atoms with Gasteiger partial charge in [0, 0.05) is 5.92 Å². The number of hydrogen-bond acceptors (Lipinski definition) is 2.